The Kier molecular flexibility index (Phi) is 6.13. The highest BCUT2D eigenvalue weighted by Crippen LogP contribution is 2.64. The van der Waals surface area contributed by atoms with Gasteiger partial charge in [-0.25, -0.2) is 0 Å². The summed E-state index contributed by atoms with van der Waals surface area (Å²) in [6, 6.07) is 0.617. The van der Waals surface area contributed by atoms with Crippen LogP contribution in [0.1, 0.15) is 112 Å². The molecule has 9 atom stereocenters. The molecule has 1 N–H and O–H groups in total. The standard InChI is InChI=1S/C27H43NO.C2H6/c1-17-12-25-24(28-16-17)15-27(29-25)11-9-20-21-8-7-19-6-4-5-10-26(19,3)23(21)13-22(20)18(2)14-27;1-2/h17,19-21,23-25,28H,4-16H2,1-3H3;1-2H3/t17-,19-,20?,21?,23?,24-,25?,26?,27?;/m0./s1. The summed E-state index contributed by atoms with van der Waals surface area (Å²) in [5.41, 5.74) is 4.44. The van der Waals surface area contributed by atoms with E-state index < -0.39 is 0 Å². The normalized spacial score (nSPS) is 51.2. The lowest BCUT2D eigenvalue weighted by Crippen LogP contribution is -2.45. The second kappa shape index (κ2) is 8.46. The highest BCUT2D eigenvalue weighted by Gasteiger charge is 2.57. The lowest BCUT2D eigenvalue weighted by molar-refractivity contribution is -0.0641. The van der Waals surface area contributed by atoms with E-state index in [1.54, 1.807) is 5.57 Å². The van der Waals surface area contributed by atoms with Gasteiger partial charge >= 0.3 is 0 Å². The first-order valence-electron chi connectivity index (χ1n) is 14.1. The van der Waals surface area contributed by atoms with Crippen molar-refractivity contribution >= 4 is 0 Å². The Bertz CT molecular complexity index is 699. The number of hydrogen-bond acceptors (Lipinski definition) is 2. The second-order valence-electron chi connectivity index (χ2n) is 12.5. The summed E-state index contributed by atoms with van der Waals surface area (Å²) in [5, 5.41) is 3.83. The van der Waals surface area contributed by atoms with Gasteiger partial charge in [-0.1, -0.05) is 51.7 Å². The zero-order valence-electron chi connectivity index (χ0n) is 21.1. The van der Waals surface area contributed by atoms with Gasteiger partial charge in [0, 0.05) is 6.04 Å². The first-order valence-corrected chi connectivity index (χ1v) is 14.1. The molecule has 2 saturated heterocycles. The largest absolute Gasteiger partial charge is 0.370 e. The number of allylic oxidation sites excluding steroid dienone is 1. The molecule has 4 aliphatic carbocycles. The fraction of sp³-hybridized carbons (Fsp3) is 0.931. The number of ether oxygens (including phenoxy) is 1. The van der Waals surface area contributed by atoms with Crippen molar-refractivity contribution in [3.63, 3.8) is 0 Å². The van der Waals surface area contributed by atoms with Crippen molar-refractivity contribution in [2.24, 2.45) is 35.0 Å². The van der Waals surface area contributed by atoms with Crippen LogP contribution in [0.25, 0.3) is 0 Å². The summed E-state index contributed by atoms with van der Waals surface area (Å²) in [7, 11) is 0. The molecule has 0 radical (unpaired) electrons. The molecule has 176 valence electrons. The molecule has 2 nitrogen and oxygen atoms in total. The van der Waals surface area contributed by atoms with Crippen LogP contribution in [0, 0.1) is 35.0 Å². The molecule has 6 aliphatic rings. The monoisotopic (exact) mass is 427 g/mol. The average molecular weight is 428 g/mol. The van der Waals surface area contributed by atoms with Crippen LogP contribution in [0.2, 0.25) is 0 Å². The Morgan fingerprint density at radius 2 is 1.87 bits per heavy atom. The van der Waals surface area contributed by atoms with Crippen LogP contribution >= 0.6 is 0 Å². The molecule has 3 saturated carbocycles. The first-order chi connectivity index (χ1) is 15.0. The van der Waals surface area contributed by atoms with E-state index in [0.717, 1.165) is 29.6 Å². The van der Waals surface area contributed by atoms with Gasteiger partial charge in [0.15, 0.2) is 0 Å². The summed E-state index contributed by atoms with van der Waals surface area (Å²) >= 11 is 0. The summed E-state index contributed by atoms with van der Waals surface area (Å²) in [5.74, 6) is 4.65. The SMILES string of the molecule is CC.CC1=C2CC3C(CC[C@@H]4CCCCC34C)C2CCC2(C1)C[C@@H]1NC[C@@H](C)CC1O2. The van der Waals surface area contributed by atoms with E-state index in [-0.39, 0.29) is 5.60 Å². The minimum Gasteiger partial charge on any atom is -0.370 e. The Labute approximate surface area is 192 Å². The van der Waals surface area contributed by atoms with E-state index in [9.17, 15) is 0 Å². The molecular weight excluding hydrogens is 378 g/mol. The minimum absolute atomic E-state index is 0.148. The number of fused-ring (bicyclic) bond motifs is 6. The van der Waals surface area contributed by atoms with Gasteiger partial charge in [-0.15, -0.1) is 0 Å². The molecule has 6 unspecified atom stereocenters. The van der Waals surface area contributed by atoms with E-state index >= 15 is 0 Å². The fourth-order valence-corrected chi connectivity index (χ4v) is 9.48. The summed E-state index contributed by atoms with van der Waals surface area (Å²) < 4.78 is 6.92. The van der Waals surface area contributed by atoms with E-state index in [1.165, 1.54) is 83.6 Å². The summed E-state index contributed by atoms with van der Waals surface area (Å²) in [6.45, 7) is 12.8. The van der Waals surface area contributed by atoms with Crippen LogP contribution in [0.4, 0.5) is 0 Å². The van der Waals surface area contributed by atoms with Crippen molar-refractivity contribution in [2.75, 3.05) is 6.54 Å². The maximum absolute atomic E-state index is 6.92. The van der Waals surface area contributed by atoms with E-state index in [0.29, 0.717) is 17.6 Å². The van der Waals surface area contributed by atoms with Gasteiger partial charge in [0.2, 0.25) is 0 Å². The molecule has 2 heteroatoms. The van der Waals surface area contributed by atoms with Crippen molar-refractivity contribution in [2.45, 2.75) is 129 Å². The van der Waals surface area contributed by atoms with Crippen molar-refractivity contribution in [1.82, 2.24) is 5.32 Å². The zero-order valence-corrected chi connectivity index (χ0v) is 21.1. The van der Waals surface area contributed by atoms with Crippen molar-refractivity contribution < 1.29 is 4.74 Å². The topological polar surface area (TPSA) is 21.3 Å². The van der Waals surface area contributed by atoms with Gasteiger partial charge in [0.25, 0.3) is 0 Å². The van der Waals surface area contributed by atoms with Crippen LogP contribution in [0.15, 0.2) is 11.1 Å². The van der Waals surface area contributed by atoms with E-state index in [4.69, 9.17) is 4.74 Å². The van der Waals surface area contributed by atoms with Gasteiger partial charge in [0.05, 0.1) is 11.7 Å². The third-order valence-electron chi connectivity index (χ3n) is 10.9. The van der Waals surface area contributed by atoms with Crippen molar-refractivity contribution in [3.8, 4) is 0 Å². The second-order valence-corrected chi connectivity index (χ2v) is 12.5. The lowest BCUT2D eigenvalue weighted by Gasteiger charge is -2.52. The van der Waals surface area contributed by atoms with Gasteiger partial charge in [0.1, 0.15) is 0 Å². The molecule has 5 fully saturated rings. The highest BCUT2D eigenvalue weighted by atomic mass is 16.5. The Morgan fingerprint density at radius 1 is 1.03 bits per heavy atom. The Balaban J connectivity index is 0.000000994. The molecule has 6 rings (SSSR count). The number of hydrogen-bond donors (Lipinski definition) is 1. The van der Waals surface area contributed by atoms with Gasteiger partial charge < -0.3 is 10.1 Å². The van der Waals surface area contributed by atoms with Crippen LogP contribution in [-0.4, -0.2) is 24.3 Å². The summed E-state index contributed by atoms with van der Waals surface area (Å²) in [6.07, 6.45) is 17.4. The lowest BCUT2D eigenvalue weighted by atomic mass is 9.52. The molecule has 2 heterocycles. The zero-order chi connectivity index (χ0) is 21.8. The molecular formula is C29H49NO. The Hall–Kier alpha value is -0.340. The van der Waals surface area contributed by atoms with E-state index in [1.807, 2.05) is 19.4 Å². The molecule has 1 spiro atoms. The van der Waals surface area contributed by atoms with Gasteiger partial charge in [-0.3, -0.25) is 0 Å². The molecule has 0 aromatic heterocycles. The maximum atomic E-state index is 6.92. The third kappa shape index (κ3) is 3.67. The quantitative estimate of drug-likeness (QED) is 0.410. The molecule has 0 aromatic carbocycles. The van der Waals surface area contributed by atoms with Crippen LogP contribution in [0.3, 0.4) is 0 Å². The molecule has 0 bridgehead atoms. The van der Waals surface area contributed by atoms with Crippen molar-refractivity contribution in [3.05, 3.63) is 11.1 Å². The third-order valence-corrected chi connectivity index (χ3v) is 10.9. The molecule has 0 aromatic rings. The van der Waals surface area contributed by atoms with Crippen LogP contribution < -0.4 is 5.32 Å². The maximum Gasteiger partial charge on any atom is 0.0740 e. The fourth-order valence-electron chi connectivity index (χ4n) is 9.48. The molecule has 2 aliphatic heterocycles. The number of nitrogens with one attached hydrogen (secondary N) is 1. The molecule has 0 amide bonds. The smallest absolute Gasteiger partial charge is 0.0740 e. The van der Waals surface area contributed by atoms with Crippen LogP contribution in [0.5, 0.6) is 0 Å². The predicted octanol–water partition coefficient (Wildman–Crippen LogP) is 7.28. The first kappa shape index (κ1) is 22.5. The molecule has 31 heavy (non-hydrogen) atoms. The number of piperidine rings is 1. The summed E-state index contributed by atoms with van der Waals surface area (Å²) in [4.78, 5) is 0. The highest BCUT2D eigenvalue weighted by molar-refractivity contribution is 5.28. The van der Waals surface area contributed by atoms with E-state index in [2.05, 4.69) is 26.1 Å². The van der Waals surface area contributed by atoms with Gasteiger partial charge in [-0.2, -0.15) is 0 Å². The van der Waals surface area contributed by atoms with Crippen molar-refractivity contribution in [1.29, 1.82) is 0 Å². The van der Waals surface area contributed by atoms with Crippen LogP contribution in [-0.2, 0) is 4.74 Å². The number of rotatable bonds is 0. The average Bonchev–Trinajstić information content (AvgIpc) is 3.28. The predicted molar refractivity (Wildman–Crippen MR) is 130 cm³/mol. The minimum atomic E-state index is 0.148. The van der Waals surface area contributed by atoms with Gasteiger partial charge in [-0.05, 0) is 113 Å². The Morgan fingerprint density at radius 3 is 2.71 bits per heavy atom.